The molecule has 0 aromatic rings. The summed E-state index contributed by atoms with van der Waals surface area (Å²) in [6.45, 7) is 9.82. The SMILES string of the molecule is CC(C)C1CCC(C2CCCCC2)C(C(C)C)C1. The highest BCUT2D eigenvalue weighted by molar-refractivity contribution is 4.87. The van der Waals surface area contributed by atoms with Crippen molar-refractivity contribution in [2.45, 2.75) is 79.1 Å². The lowest BCUT2D eigenvalue weighted by Crippen LogP contribution is -2.35. The van der Waals surface area contributed by atoms with Crippen LogP contribution in [-0.4, -0.2) is 0 Å². The normalized spacial score (nSPS) is 35.3. The Labute approximate surface area is 115 Å². The molecule has 3 atom stereocenters. The van der Waals surface area contributed by atoms with Crippen molar-refractivity contribution < 1.29 is 0 Å². The van der Waals surface area contributed by atoms with Gasteiger partial charge >= 0.3 is 0 Å². The number of rotatable bonds is 3. The average Bonchev–Trinajstić information content (AvgIpc) is 2.39. The Hall–Kier alpha value is 0. The van der Waals surface area contributed by atoms with E-state index in [9.17, 15) is 0 Å². The summed E-state index contributed by atoms with van der Waals surface area (Å²) in [5.74, 6) is 5.99. The van der Waals surface area contributed by atoms with Gasteiger partial charge in [0, 0.05) is 0 Å². The van der Waals surface area contributed by atoms with E-state index in [1.807, 2.05) is 0 Å². The van der Waals surface area contributed by atoms with E-state index < -0.39 is 0 Å². The van der Waals surface area contributed by atoms with E-state index in [1.54, 1.807) is 12.8 Å². The third-order valence-electron chi connectivity index (χ3n) is 6.05. The molecule has 0 saturated heterocycles. The van der Waals surface area contributed by atoms with E-state index in [-0.39, 0.29) is 0 Å². The first-order chi connectivity index (χ1) is 8.59. The summed E-state index contributed by atoms with van der Waals surface area (Å²) in [4.78, 5) is 0. The van der Waals surface area contributed by atoms with Gasteiger partial charge in [-0.1, -0.05) is 59.8 Å². The van der Waals surface area contributed by atoms with Crippen molar-refractivity contribution in [1.82, 2.24) is 0 Å². The fourth-order valence-corrected chi connectivity index (χ4v) is 4.78. The summed E-state index contributed by atoms with van der Waals surface area (Å²) in [5.41, 5.74) is 0. The van der Waals surface area contributed by atoms with E-state index >= 15 is 0 Å². The zero-order valence-electron chi connectivity index (χ0n) is 13.1. The molecule has 0 N–H and O–H groups in total. The van der Waals surface area contributed by atoms with Crippen LogP contribution in [0.15, 0.2) is 0 Å². The fraction of sp³-hybridized carbons (Fsp3) is 1.00. The van der Waals surface area contributed by atoms with E-state index in [0.717, 1.165) is 35.5 Å². The van der Waals surface area contributed by atoms with Crippen LogP contribution >= 0.6 is 0 Å². The topological polar surface area (TPSA) is 0 Å². The van der Waals surface area contributed by atoms with Crippen LogP contribution in [-0.2, 0) is 0 Å². The van der Waals surface area contributed by atoms with Gasteiger partial charge in [-0.2, -0.15) is 0 Å². The van der Waals surface area contributed by atoms with Gasteiger partial charge in [-0.3, -0.25) is 0 Å². The maximum absolute atomic E-state index is 2.48. The molecule has 106 valence electrons. The second-order valence-corrected chi connectivity index (χ2v) is 7.79. The van der Waals surface area contributed by atoms with Crippen molar-refractivity contribution in [2.24, 2.45) is 35.5 Å². The molecule has 2 aliphatic carbocycles. The number of hydrogen-bond donors (Lipinski definition) is 0. The molecular formula is C18H34. The lowest BCUT2D eigenvalue weighted by Gasteiger charge is -2.44. The average molecular weight is 250 g/mol. The van der Waals surface area contributed by atoms with Crippen molar-refractivity contribution >= 4 is 0 Å². The van der Waals surface area contributed by atoms with Crippen LogP contribution in [0.25, 0.3) is 0 Å². The molecule has 0 spiro atoms. The molecule has 0 aromatic heterocycles. The Bertz CT molecular complexity index is 234. The van der Waals surface area contributed by atoms with Crippen LogP contribution in [0.3, 0.4) is 0 Å². The first-order valence-electron chi connectivity index (χ1n) is 8.59. The molecule has 2 aliphatic rings. The molecule has 18 heavy (non-hydrogen) atoms. The Morgan fingerprint density at radius 1 is 0.722 bits per heavy atom. The summed E-state index contributed by atoms with van der Waals surface area (Å²) in [7, 11) is 0. The van der Waals surface area contributed by atoms with Crippen LogP contribution in [0.1, 0.15) is 79.1 Å². The van der Waals surface area contributed by atoms with E-state index in [1.165, 1.54) is 38.5 Å². The molecule has 0 heterocycles. The molecular weight excluding hydrogens is 216 g/mol. The van der Waals surface area contributed by atoms with Gasteiger partial charge in [0.2, 0.25) is 0 Å². The summed E-state index contributed by atoms with van der Waals surface area (Å²) in [5, 5.41) is 0. The summed E-state index contributed by atoms with van der Waals surface area (Å²) in [6, 6.07) is 0. The lowest BCUT2D eigenvalue weighted by molar-refractivity contribution is 0.0559. The Morgan fingerprint density at radius 2 is 1.39 bits per heavy atom. The maximum Gasteiger partial charge on any atom is -0.0355 e. The van der Waals surface area contributed by atoms with Gasteiger partial charge in [0.05, 0.1) is 0 Å². The summed E-state index contributed by atoms with van der Waals surface area (Å²) in [6.07, 6.45) is 12.2. The van der Waals surface area contributed by atoms with Crippen LogP contribution in [0.5, 0.6) is 0 Å². The highest BCUT2D eigenvalue weighted by Crippen LogP contribution is 2.47. The molecule has 2 fully saturated rings. The van der Waals surface area contributed by atoms with Gasteiger partial charge in [0.15, 0.2) is 0 Å². The van der Waals surface area contributed by atoms with E-state index in [4.69, 9.17) is 0 Å². The molecule has 2 saturated carbocycles. The highest BCUT2D eigenvalue weighted by atomic mass is 14.4. The Kier molecular flexibility index (Phi) is 5.15. The minimum absolute atomic E-state index is 0.901. The molecule has 2 rings (SSSR count). The van der Waals surface area contributed by atoms with Crippen molar-refractivity contribution in [3.8, 4) is 0 Å². The van der Waals surface area contributed by atoms with E-state index in [2.05, 4.69) is 27.7 Å². The first kappa shape index (κ1) is 14.4. The van der Waals surface area contributed by atoms with Crippen molar-refractivity contribution in [1.29, 1.82) is 0 Å². The van der Waals surface area contributed by atoms with Gasteiger partial charge in [-0.25, -0.2) is 0 Å². The maximum atomic E-state index is 2.48. The minimum Gasteiger partial charge on any atom is -0.0625 e. The monoisotopic (exact) mass is 250 g/mol. The van der Waals surface area contributed by atoms with Crippen LogP contribution < -0.4 is 0 Å². The van der Waals surface area contributed by atoms with E-state index in [0.29, 0.717) is 0 Å². The van der Waals surface area contributed by atoms with Gasteiger partial charge < -0.3 is 0 Å². The summed E-state index contributed by atoms with van der Waals surface area (Å²) >= 11 is 0. The first-order valence-corrected chi connectivity index (χ1v) is 8.59. The zero-order chi connectivity index (χ0) is 13.1. The smallest absolute Gasteiger partial charge is 0.0355 e. The standard InChI is InChI=1S/C18H34/c1-13(2)16-10-11-17(18(12-16)14(3)4)15-8-6-5-7-9-15/h13-18H,5-12H2,1-4H3. The van der Waals surface area contributed by atoms with Crippen molar-refractivity contribution in [3.05, 3.63) is 0 Å². The predicted octanol–water partition coefficient (Wildman–Crippen LogP) is 5.91. The third kappa shape index (κ3) is 3.31. The lowest BCUT2D eigenvalue weighted by atomic mass is 9.61. The molecule has 0 radical (unpaired) electrons. The minimum atomic E-state index is 0.901. The molecule has 0 bridgehead atoms. The second-order valence-electron chi connectivity index (χ2n) is 7.79. The molecule has 0 heteroatoms. The quantitative estimate of drug-likeness (QED) is 0.584. The van der Waals surface area contributed by atoms with Crippen LogP contribution in [0.2, 0.25) is 0 Å². The Morgan fingerprint density at radius 3 is 1.94 bits per heavy atom. The zero-order valence-corrected chi connectivity index (χ0v) is 13.1. The van der Waals surface area contributed by atoms with Gasteiger partial charge in [-0.15, -0.1) is 0 Å². The molecule has 0 amide bonds. The molecule has 0 nitrogen and oxygen atoms in total. The molecule has 0 aliphatic heterocycles. The van der Waals surface area contributed by atoms with Gasteiger partial charge in [0.1, 0.15) is 0 Å². The van der Waals surface area contributed by atoms with Crippen LogP contribution in [0, 0.1) is 35.5 Å². The van der Waals surface area contributed by atoms with Crippen molar-refractivity contribution in [2.75, 3.05) is 0 Å². The molecule has 3 unspecified atom stereocenters. The third-order valence-corrected chi connectivity index (χ3v) is 6.05. The largest absolute Gasteiger partial charge is 0.0625 e. The highest BCUT2D eigenvalue weighted by Gasteiger charge is 2.37. The number of hydrogen-bond acceptors (Lipinski definition) is 0. The second kappa shape index (κ2) is 6.44. The van der Waals surface area contributed by atoms with Crippen LogP contribution in [0.4, 0.5) is 0 Å². The fourth-order valence-electron chi connectivity index (χ4n) is 4.78. The van der Waals surface area contributed by atoms with Gasteiger partial charge in [0.25, 0.3) is 0 Å². The van der Waals surface area contributed by atoms with Gasteiger partial charge in [-0.05, 0) is 54.8 Å². The molecule has 0 aromatic carbocycles. The Balaban J connectivity index is 2.00. The predicted molar refractivity (Wildman–Crippen MR) is 80.6 cm³/mol. The summed E-state index contributed by atoms with van der Waals surface area (Å²) < 4.78 is 0. The van der Waals surface area contributed by atoms with Crippen molar-refractivity contribution in [3.63, 3.8) is 0 Å².